The molecule has 37 heteroatoms. The number of nitrogens with two attached hydrogens (primary N) is 1. The van der Waals surface area contributed by atoms with E-state index >= 15 is 9.59 Å². The number of fused-ring (bicyclic) bond motifs is 1. The highest BCUT2D eigenvalue weighted by Gasteiger charge is 2.65. The average Bonchev–Trinajstić information content (AvgIpc) is 0.892. The molecule has 25 atom stereocenters. The molecule has 37 nitrogen and oxygen atoms in total. The second-order valence-corrected chi connectivity index (χ2v) is 29.7. The van der Waals surface area contributed by atoms with Crippen molar-refractivity contribution in [2.75, 3.05) is 46.1 Å². The SMILES string of the molecule is CCCCCCC1(C(O)[C@H](NC(=O)[C@@H](NC(=O)[C@H](Cc2ccc(OC3OC(CO)C(OC4OC5COC6(OC5C(O)C4O)C4CC5CC(C4)CC6C5)C(O)C3O)cc2)NC(=O)[C@@H](NC(=O)CN)C(C)c2ccccc2)C(O)C2CNC(=N)N2)C(=O)N[C@H]([C]=O)CO)CNC(=N)N1C1OC(CO)C(O)C(O)C1O. The predicted molar refractivity (Wildman–Crippen MR) is 369 cm³/mol. The third-order valence-corrected chi connectivity index (χ3v) is 22.8. The van der Waals surface area contributed by atoms with Crippen molar-refractivity contribution in [3.05, 3.63) is 65.7 Å². The number of hydrogen-bond acceptors (Lipinski definition) is 28. The highest BCUT2D eigenvalue weighted by molar-refractivity contribution is 5.97. The van der Waals surface area contributed by atoms with Gasteiger partial charge in [-0.1, -0.05) is 82.0 Å². The largest absolute Gasteiger partial charge is 0.462 e. The fourth-order valence-electron chi connectivity index (χ4n) is 17.1. The highest BCUT2D eigenvalue weighted by Crippen LogP contribution is 2.61. The van der Waals surface area contributed by atoms with Crippen LogP contribution in [0.1, 0.15) is 95.1 Å². The van der Waals surface area contributed by atoms with Crippen LogP contribution in [0.3, 0.4) is 0 Å². The van der Waals surface area contributed by atoms with Gasteiger partial charge < -0.3 is 148 Å². The quantitative estimate of drug-likeness (QED) is 0.0303. The Hall–Kier alpha value is -6.96. The van der Waals surface area contributed by atoms with Crippen molar-refractivity contribution in [3.8, 4) is 5.75 Å². The first-order valence-corrected chi connectivity index (χ1v) is 36.7. The molecule has 2 aromatic rings. The zero-order valence-corrected chi connectivity index (χ0v) is 59.3. The van der Waals surface area contributed by atoms with Gasteiger partial charge in [0.1, 0.15) is 121 Å². The molecule has 4 aliphatic carbocycles. The molecule has 107 heavy (non-hydrogen) atoms. The number of ether oxygens (including phenoxy) is 7. The van der Waals surface area contributed by atoms with Gasteiger partial charge in [0.15, 0.2) is 30.2 Å². The molecular weight excluding hydrogens is 1410 g/mol. The highest BCUT2D eigenvalue weighted by atomic mass is 16.8. The molecule has 12 rings (SSSR count). The van der Waals surface area contributed by atoms with Crippen molar-refractivity contribution in [1.29, 1.82) is 10.8 Å². The molecule has 1 spiro atoms. The third kappa shape index (κ3) is 17.0. The summed E-state index contributed by atoms with van der Waals surface area (Å²) in [5.41, 5.74) is 4.46. The monoisotopic (exact) mass is 1510 g/mol. The number of amides is 5. The zero-order chi connectivity index (χ0) is 76.9. The predicted octanol–water partition coefficient (Wildman–Crippen LogP) is -7.70. The Morgan fingerprint density at radius 3 is 1.99 bits per heavy atom. The van der Waals surface area contributed by atoms with Crippen LogP contribution in [-0.2, 0) is 63.6 Å². The van der Waals surface area contributed by atoms with E-state index in [2.05, 4.69) is 42.5 Å². The molecule has 6 saturated heterocycles. The van der Waals surface area contributed by atoms with Gasteiger partial charge in [-0.2, -0.15) is 0 Å². The van der Waals surface area contributed by atoms with E-state index < -0.39 is 233 Å². The van der Waals surface area contributed by atoms with Crippen molar-refractivity contribution < 1.29 is 123 Å². The van der Waals surface area contributed by atoms with Crippen LogP contribution in [0.4, 0.5) is 0 Å². The van der Waals surface area contributed by atoms with E-state index in [9.17, 15) is 80.5 Å². The number of aliphatic hydroxyl groups excluding tert-OH is 12. The smallest absolute Gasteiger partial charge is 0.246 e. The lowest BCUT2D eigenvalue weighted by Crippen LogP contribution is -2.73. The number of nitrogens with zero attached hydrogens (tertiary/aromatic N) is 1. The summed E-state index contributed by atoms with van der Waals surface area (Å²) < 4.78 is 43.3. The second kappa shape index (κ2) is 34.9. The van der Waals surface area contributed by atoms with Crippen LogP contribution in [0.15, 0.2) is 54.6 Å². The number of rotatable bonds is 32. The van der Waals surface area contributed by atoms with Crippen LogP contribution in [0.5, 0.6) is 5.75 Å². The summed E-state index contributed by atoms with van der Waals surface area (Å²) in [5.74, 6) is -7.01. The number of aliphatic hydroxyl groups is 12. The molecule has 6 aliphatic heterocycles. The van der Waals surface area contributed by atoms with Crippen LogP contribution in [0.2, 0.25) is 0 Å². The molecule has 4 saturated carbocycles. The number of guanidine groups is 2. The lowest BCUT2D eigenvalue weighted by molar-refractivity contribution is -0.437. The second-order valence-electron chi connectivity index (χ2n) is 29.7. The topological polar surface area (TPSA) is 583 Å². The summed E-state index contributed by atoms with van der Waals surface area (Å²) in [6.07, 6.45) is -21.3. The summed E-state index contributed by atoms with van der Waals surface area (Å²) >= 11 is 0. The third-order valence-electron chi connectivity index (χ3n) is 22.8. The van der Waals surface area contributed by atoms with Crippen LogP contribution in [-0.4, -0.2) is 312 Å². The summed E-state index contributed by atoms with van der Waals surface area (Å²) in [5, 5.41) is 174. The van der Waals surface area contributed by atoms with Crippen molar-refractivity contribution in [3.63, 3.8) is 0 Å². The molecular formula is C70H103N12O25. The summed E-state index contributed by atoms with van der Waals surface area (Å²) in [6.45, 7) is -0.523. The van der Waals surface area contributed by atoms with Crippen molar-refractivity contribution in [2.24, 2.45) is 29.4 Å². The van der Waals surface area contributed by atoms with E-state index in [4.69, 9.17) is 49.7 Å². The number of nitrogens with one attached hydrogen (secondary N) is 10. The number of carbonyl (C=O) groups excluding carboxylic acids is 6. The molecule has 1 radical (unpaired) electrons. The Kier molecular flexibility index (Phi) is 26.5. The first kappa shape index (κ1) is 81.0. The van der Waals surface area contributed by atoms with Crippen LogP contribution < -0.4 is 53.0 Å². The minimum atomic E-state index is -2.35. The zero-order valence-electron chi connectivity index (χ0n) is 59.3. The van der Waals surface area contributed by atoms with E-state index in [-0.39, 0.29) is 55.1 Å². The first-order valence-electron chi connectivity index (χ1n) is 36.7. The van der Waals surface area contributed by atoms with Gasteiger partial charge in [-0.15, -0.1) is 0 Å². The van der Waals surface area contributed by atoms with Crippen LogP contribution in [0.25, 0.3) is 0 Å². The number of benzene rings is 2. The lowest BCUT2D eigenvalue weighted by Gasteiger charge is -2.63. The summed E-state index contributed by atoms with van der Waals surface area (Å²) in [4.78, 5) is 86.8. The Balaban J connectivity index is 0.850. The Bertz CT molecular complexity index is 3380. The van der Waals surface area contributed by atoms with Crippen molar-refractivity contribution >= 4 is 47.7 Å². The molecule has 4 bridgehead atoms. The average molecular weight is 1510 g/mol. The summed E-state index contributed by atoms with van der Waals surface area (Å²) in [6, 6.07) is 3.03. The van der Waals surface area contributed by atoms with E-state index in [1.807, 2.05) is 6.92 Å². The molecule has 24 N–H and O–H groups in total. The molecule has 593 valence electrons. The minimum absolute atomic E-state index is 0.0197. The number of hydrogen-bond donors (Lipinski definition) is 23. The lowest BCUT2D eigenvalue weighted by atomic mass is 9.53. The molecule has 20 unspecified atom stereocenters. The van der Waals surface area contributed by atoms with E-state index in [0.29, 0.717) is 36.7 Å². The fourth-order valence-corrected chi connectivity index (χ4v) is 17.1. The standard InChI is InChI=1S/C70H103N12O25/c1-3-4-5-9-16-69(30-75-68(73)82(69)64-54(93)51(90)50(89)42(27-85)103-64)59(96)48(63(100)76-38(25-83)26-84)81-62(99)47(49(88)41-24-74-67(72)78-41)80-60(97)40(77-61(98)46(79-45(87)23-71)31(2)35-10-7-6-8-11-35)22-32-12-14-39(15-13-32)102-65-55(94)52(91)57(43(28-86)104-65)106-66-56(95)53(92)58-44(105-66)29-101-70(107-58)36-18-33-17-34(20-36)21-37(70)19-33/h6-8,10-15,31,33-34,36-38,40-44,46-59,64-66,83,85-86,88-96H,3-5,9,16-25,27-30,71H2,1-2H3,(H2,73,75)(H,76,100)(H,77,98)(H,79,87)(H,80,97)(H,81,99)(H3,72,74,78)/t31?,33?,34?,36?,37?,38-,40-,41?,42?,43?,44?,46-,47-,48-,49?,50?,51?,52?,53?,54?,55?,56?,57?,58?,59?,64?,65?,66?,69?,70?/m0/s1. The summed E-state index contributed by atoms with van der Waals surface area (Å²) in [7, 11) is 0. The molecule has 10 aliphatic rings. The fraction of sp³-hybridized carbons (Fsp3) is 0.714. The maximum Gasteiger partial charge on any atom is 0.246 e. The molecule has 0 aromatic heterocycles. The van der Waals surface area contributed by atoms with Gasteiger partial charge in [0.05, 0.1) is 44.6 Å². The molecule has 5 amide bonds. The maximum absolute atomic E-state index is 15.4. The van der Waals surface area contributed by atoms with Crippen molar-refractivity contribution in [1.82, 2.24) is 47.4 Å². The normalized spacial score (nSPS) is 36.5. The van der Waals surface area contributed by atoms with Gasteiger partial charge in [0.2, 0.25) is 42.1 Å². The Morgan fingerprint density at radius 2 is 1.36 bits per heavy atom. The molecule has 10 fully saturated rings. The van der Waals surface area contributed by atoms with Gasteiger partial charge in [-0.3, -0.25) is 39.6 Å². The van der Waals surface area contributed by atoms with Gasteiger partial charge in [-0.25, -0.2) is 0 Å². The van der Waals surface area contributed by atoms with Gasteiger partial charge in [0.25, 0.3) is 0 Å². The van der Waals surface area contributed by atoms with Crippen LogP contribution in [0, 0.1) is 34.5 Å². The van der Waals surface area contributed by atoms with Gasteiger partial charge in [0, 0.05) is 37.3 Å². The minimum Gasteiger partial charge on any atom is -0.462 e. The van der Waals surface area contributed by atoms with Gasteiger partial charge >= 0.3 is 0 Å². The molecule has 2 aromatic carbocycles. The maximum atomic E-state index is 15.4. The van der Waals surface area contributed by atoms with Gasteiger partial charge in [-0.05, 0) is 73.6 Å². The Morgan fingerprint density at radius 1 is 0.710 bits per heavy atom. The number of carbonyl (C=O) groups is 5. The molecule has 6 heterocycles. The van der Waals surface area contributed by atoms with E-state index in [0.717, 1.165) is 30.6 Å². The number of unbranched alkanes of at least 4 members (excludes halogenated alkanes) is 3. The van der Waals surface area contributed by atoms with Crippen LogP contribution >= 0.6 is 0 Å². The van der Waals surface area contributed by atoms with E-state index in [1.54, 1.807) is 37.3 Å². The van der Waals surface area contributed by atoms with E-state index in [1.165, 1.54) is 37.0 Å². The Labute approximate surface area is 616 Å². The van der Waals surface area contributed by atoms with Crippen molar-refractivity contribution in [2.45, 2.75) is 242 Å². The first-order chi connectivity index (χ1) is 51.2.